The number of hydrogen-bond donors (Lipinski definition) is 1. The van der Waals surface area contributed by atoms with Crippen LogP contribution < -0.4 is 10.6 Å². The van der Waals surface area contributed by atoms with Crippen molar-refractivity contribution in [1.29, 1.82) is 0 Å². The van der Waals surface area contributed by atoms with Gasteiger partial charge in [0.2, 0.25) is 0 Å². The van der Waals surface area contributed by atoms with Crippen molar-refractivity contribution in [1.82, 2.24) is 10.2 Å². The molecule has 0 bridgehead atoms. The van der Waals surface area contributed by atoms with E-state index in [1.165, 1.54) is 0 Å². The van der Waals surface area contributed by atoms with Crippen LogP contribution in [0.2, 0.25) is 0 Å². The number of rotatable bonds is 7. The third-order valence-corrected chi connectivity index (χ3v) is 3.50. The topological polar surface area (TPSA) is 55.0 Å². The van der Waals surface area contributed by atoms with E-state index in [2.05, 4.69) is 35.9 Å². The predicted molar refractivity (Wildman–Crippen MR) is 79.9 cm³/mol. The van der Waals surface area contributed by atoms with Crippen LogP contribution in [-0.2, 0) is 0 Å². The molecule has 1 aromatic rings. The van der Waals surface area contributed by atoms with E-state index >= 15 is 0 Å². The van der Waals surface area contributed by atoms with Gasteiger partial charge in [-0.05, 0) is 18.9 Å². The molecule has 0 saturated heterocycles. The largest absolute Gasteiger partial charge is 0.389 e. The van der Waals surface area contributed by atoms with E-state index in [9.17, 15) is 0 Å². The number of hydrogen-bond acceptors (Lipinski definition) is 4. The molecule has 0 saturated carbocycles. The van der Waals surface area contributed by atoms with Crippen molar-refractivity contribution in [3.8, 4) is 0 Å². The monoisotopic (exact) mass is 266 g/mol. The lowest BCUT2D eigenvalue weighted by molar-refractivity contribution is 0.483. The standard InChI is InChI=1S/C13H22N4S/c1-4-10(5-2)9-17(6-3)13-11(12(14)18)7-8-15-16-13/h7-8,10H,4-6,9H2,1-3H3,(H2,14,18). The van der Waals surface area contributed by atoms with Gasteiger partial charge >= 0.3 is 0 Å². The summed E-state index contributed by atoms with van der Waals surface area (Å²) >= 11 is 5.07. The van der Waals surface area contributed by atoms with Gasteiger partial charge in [-0.25, -0.2) is 0 Å². The summed E-state index contributed by atoms with van der Waals surface area (Å²) in [6.07, 6.45) is 3.95. The molecule has 0 atom stereocenters. The van der Waals surface area contributed by atoms with Crippen molar-refractivity contribution in [3.63, 3.8) is 0 Å². The molecule has 1 aromatic heterocycles. The molecule has 100 valence electrons. The minimum absolute atomic E-state index is 0.378. The molecule has 0 aromatic carbocycles. The van der Waals surface area contributed by atoms with Gasteiger partial charge in [-0.2, -0.15) is 5.10 Å². The predicted octanol–water partition coefficient (Wildman–Crippen LogP) is 2.37. The summed E-state index contributed by atoms with van der Waals surface area (Å²) < 4.78 is 0. The normalized spacial score (nSPS) is 10.7. The average Bonchev–Trinajstić information content (AvgIpc) is 2.40. The smallest absolute Gasteiger partial charge is 0.161 e. The summed E-state index contributed by atoms with van der Waals surface area (Å²) in [5.41, 5.74) is 6.55. The summed E-state index contributed by atoms with van der Waals surface area (Å²) in [5, 5.41) is 8.15. The van der Waals surface area contributed by atoms with Crippen LogP contribution >= 0.6 is 12.2 Å². The van der Waals surface area contributed by atoms with Gasteiger partial charge in [-0.3, -0.25) is 0 Å². The number of thiocarbonyl (C=S) groups is 1. The highest BCUT2D eigenvalue weighted by atomic mass is 32.1. The van der Waals surface area contributed by atoms with Gasteiger partial charge in [0.25, 0.3) is 0 Å². The molecule has 0 aliphatic rings. The van der Waals surface area contributed by atoms with Crippen LogP contribution in [-0.4, -0.2) is 28.3 Å². The molecule has 0 amide bonds. The van der Waals surface area contributed by atoms with Crippen molar-refractivity contribution in [3.05, 3.63) is 17.8 Å². The summed E-state index contributed by atoms with van der Waals surface area (Å²) in [7, 11) is 0. The van der Waals surface area contributed by atoms with E-state index in [4.69, 9.17) is 18.0 Å². The highest BCUT2D eigenvalue weighted by Crippen LogP contribution is 2.19. The first-order valence-electron chi connectivity index (χ1n) is 6.50. The van der Waals surface area contributed by atoms with Crippen molar-refractivity contribution < 1.29 is 0 Å². The Balaban J connectivity index is 2.97. The zero-order chi connectivity index (χ0) is 13.5. The number of anilines is 1. The van der Waals surface area contributed by atoms with Gasteiger partial charge in [-0.15, -0.1) is 5.10 Å². The first kappa shape index (κ1) is 14.8. The first-order valence-corrected chi connectivity index (χ1v) is 6.91. The SMILES string of the molecule is CCC(CC)CN(CC)c1nnccc1C(N)=S. The van der Waals surface area contributed by atoms with Crippen molar-refractivity contribution in [2.24, 2.45) is 11.7 Å². The molecule has 5 heteroatoms. The Kier molecular flexibility index (Phi) is 5.98. The molecule has 1 heterocycles. The Bertz CT molecular complexity index is 390. The van der Waals surface area contributed by atoms with E-state index in [0.29, 0.717) is 10.9 Å². The third-order valence-electron chi connectivity index (χ3n) is 3.28. The van der Waals surface area contributed by atoms with Gasteiger partial charge in [0.1, 0.15) is 4.99 Å². The second-order valence-corrected chi connectivity index (χ2v) is 4.79. The van der Waals surface area contributed by atoms with Crippen LogP contribution in [0.5, 0.6) is 0 Å². The second kappa shape index (κ2) is 7.26. The lowest BCUT2D eigenvalue weighted by Crippen LogP contribution is -2.32. The van der Waals surface area contributed by atoms with E-state index < -0.39 is 0 Å². The molecule has 4 nitrogen and oxygen atoms in total. The third kappa shape index (κ3) is 3.63. The Hall–Kier alpha value is -1.23. The van der Waals surface area contributed by atoms with Crippen LogP contribution in [0.4, 0.5) is 5.82 Å². The maximum absolute atomic E-state index is 5.74. The minimum Gasteiger partial charge on any atom is -0.389 e. The maximum Gasteiger partial charge on any atom is 0.161 e. The molecule has 2 N–H and O–H groups in total. The molecule has 1 rings (SSSR count). The number of nitrogens with zero attached hydrogens (tertiary/aromatic N) is 3. The lowest BCUT2D eigenvalue weighted by Gasteiger charge is -2.27. The summed E-state index contributed by atoms with van der Waals surface area (Å²) in [6, 6.07) is 1.83. The Labute approximate surface area is 115 Å². The van der Waals surface area contributed by atoms with E-state index in [1.807, 2.05) is 6.07 Å². The molecule has 0 aliphatic carbocycles. The van der Waals surface area contributed by atoms with Crippen molar-refractivity contribution >= 4 is 23.0 Å². The average molecular weight is 266 g/mol. The van der Waals surface area contributed by atoms with Crippen molar-refractivity contribution in [2.75, 3.05) is 18.0 Å². The Morgan fingerprint density at radius 1 is 1.39 bits per heavy atom. The molecular weight excluding hydrogens is 244 g/mol. The van der Waals surface area contributed by atoms with E-state index in [1.54, 1.807) is 6.20 Å². The molecule has 0 aliphatic heterocycles. The number of nitrogens with two attached hydrogens (primary N) is 1. The van der Waals surface area contributed by atoms with Crippen LogP contribution in [0.3, 0.4) is 0 Å². The van der Waals surface area contributed by atoms with Crippen molar-refractivity contribution in [2.45, 2.75) is 33.6 Å². The second-order valence-electron chi connectivity index (χ2n) is 4.35. The number of aromatic nitrogens is 2. The molecule has 0 spiro atoms. The van der Waals surface area contributed by atoms with Gasteiger partial charge in [0.05, 0.1) is 11.8 Å². The molecule has 18 heavy (non-hydrogen) atoms. The van der Waals surface area contributed by atoms with Crippen LogP contribution in [0.25, 0.3) is 0 Å². The van der Waals surface area contributed by atoms with E-state index in [-0.39, 0.29) is 0 Å². The zero-order valence-corrected chi connectivity index (χ0v) is 12.2. The first-order chi connectivity index (χ1) is 8.63. The molecule has 0 fully saturated rings. The highest BCUT2D eigenvalue weighted by Gasteiger charge is 2.16. The maximum atomic E-state index is 5.74. The Morgan fingerprint density at radius 3 is 2.56 bits per heavy atom. The summed E-state index contributed by atoms with van der Waals surface area (Å²) in [6.45, 7) is 8.39. The fraction of sp³-hybridized carbons (Fsp3) is 0.615. The Morgan fingerprint density at radius 2 is 2.06 bits per heavy atom. The fourth-order valence-corrected chi connectivity index (χ4v) is 2.13. The van der Waals surface area contributed by atoms with Crippen LogP contribution in [0, 0.1) is 5.92 Å². The van der Waals surface area contributed by atoms with Gasteiger partial charge in [0.15, 0.2) is 5.82 Å². The van der Waals surface area contributed by atoms with Gasteiger partial charge in [-0.1, -0.05) is 38.9 Å². The fourth-order valence-electron chi connectivity index (χ4n) is 1.97. The quantitative estimate of drug-likeness (QED) is 0.768. The summed E-state index contributed by atoms with van der Waals surface area (Å²) in [4.78, 5) is 2.59. The van der Waals surface area contributed by atoms with Crippen LogP contribution in [0.1, 0.15) is 39.2 Å². The zero-order valence-electron chi connectivity index (χ0n) is 11.4. The molecule has 0 radical (unpaired) electrons. The van der Waals surface area contributed by atoms with Gasteiger partial charge in [0, 0.05) is 13.1 Å². The summed E-state index contributed by atoms with van der Waals surface area (Å²) in [5.74, 6) is 1.46. The lowest BCUT2D eigenvalue weighted by atomic mass is 10.0. The van der Waals surface area contributed by atoms with E-state index in [0.717, 1.165) is 37.3 Å². The molecular formula is C13H22N4S. The highest BCUT2D eigenvalue weighted by molar-refractivity contribution is 7.80. The van der Waals surface area contributed by atoms with Gasteiger partial charge < -0.3 is 10.6 Å². The molecule has 0 unspecified atom stereocenters. The van der Waals surface area contributed by atoms with Crippen LogP contribution in [0.15, 0.2) is 12.3 Å². The minimum atomic E-state index is 0.378.